The maximum Gasteiger partial charge on any atom is 0.306 e. The summed E-state index contributed by atoms with van der Waals surface area (Å²) < 4.78 is 23.5. The SMILES string of the molecule is COC(=O)CC(C)C(=O)c1ccc(OC)c(Br)c1F. The first-order valence-corrected chi connectivity index (χ1v) is 6.34. The average Bonchev–Trinajstić information content (AvgIpc) is 2.40. The van der Waals surface area contributed by atoms with Crippen molar-refractivity contribution in [2.24, 2.45) is 5.92 Å². The molecule has 0 aliphatic rings. The lowest BCUT2D eigenvalue weighted by Gasteiger charge is -2.12. The maximum atomic E-state index is 14.0. The van der Waals surface area contributed by atoms with Crippen LogP contribution in [0.4, 0.5) is 4.39 Å². The molecule has 1 aromatic carbocycles. The fourth-order valence-electron chi connectivity index (χ4n) is 1.57. The zero-order chi connectivity index (χ0) is 14.6. The molecule has 1 aromatic rings. The van der Waals surface area contributed by atoms with Gasteiger partial charge in [0.05, 0.1) is 30.7 Å². The molecular weight excluding hydrogens is 319 g/mol. The van der Waals surface area contributed by atoms with Crippen molar-refractivity contribution in [2.75, 3.05) is 14.2 Å². The second-order valence-electron chi connectivity index (χ2n) is 3.99. The van der Waals surface area contributed by atoms with Crippen molar-refractivity contribution in [1.29, 1.82) is 0 Å². The van der Waals surface area contributed by atoms with E-state index in [1.807, 2.05) is 0 Å². The lowest BCUT2D eigenvalue weighted by molar-refractivity contribution is -0.141. The van der Waals surface area contributed by atoms with Crippen molar-refractivity contribution in [2.45, 2.75) is 13.3 Å². The molecule has 4 nitrogen and oxygen atoms in total. The number of methoxy groups -OCH3 is 2. The van der Waals surface area contributed by atoms with Crippen LogP contribution in [0.2, 0.25) is 0 Å². The van der Waals surface area contributed by atoms with Gasteiger partial charge in [0.1, 0.15) is 5.75 Å². The van der Waals surface area contributed by atoms with Crippen LogP contribution in [0.15, 0.2) is 16.6 Å². The number of ketones is 1. The molecule has 0 amide bonds. The Morgan fingerprint density at radius 2 is 2.00 bits per heavy atom. The molecular formula is C13H14BrFO4. The molecule has 0 spiro atoms. The van der Waals surface area contributed by atoms with Gasteiger partial charge < -0.3 is 9.47 Å². The summed E-state index contributed by atoms with van der Waals surface area (Å²) >= 11 is 3.03. The number of Topliss-reactive ketones (excluding diaryl/α,β-unsaturated/α-hetero) is 1. The minimum Gasteiger partial charge on any atom is -0.495 e. The van der Waals surface area contributed by atoms with Crippen LogP contribution in [0.25, 0.3) is 0 Å². The van der Waals surface area contributed by atoms with Crippen molar-refractivity contribution in [3.63, 3.8) is 0 Å². The van der Waals surface area contributed by atoms with Crippen LogP contribution in [-0.2, 0) is 9.53 Å². The van der Waals surface area contributed by atoms with E-state index in [-0.39, 0.29) is 16.5 Å². The molecule has 1 unspecified atom stereocenters. The van der Waals surface area contributed by atoms with E-state index in [1.165, 1.54) is 26.4 Å². The zero-order valence-electron chi connectivity index (χ0n) is 10.8. The van der Waals surface area contributed by atoms with Gasteiger partial charge in [-0.2, -0.15) is 0 Å². The zero-order valence-corrected chi connectivity index (χ0v) is 12.4. The van der Waals surface area contributed by atoms with Gasteiger partial charge in [-0.15, -0.1) is 0 Å². The normalized spacial score (nSPS) is 11.8. The Hall–Kier alpha value is -1.43. The first kappa shape index (κ1) is 15.6. The van der Waals surface area contributed by atoms with Crippen molar-refractivity contribution in [1.82, 2.24) is 0 Å². The monoisotopic (exact) mass is 332 g/mol. The van der Waals surface area contributed by atoms with Gasteiger partial charge in [-0.3, -0.25) is 9.59 Å². The highest BCUT2D eigenvalue weighted by Crippen LogP contribution is 2.31. The quantitative estimate of drug-likeness (QED) is 0.614. The third-order valence-corrected chi connectivity index (χ3v) is 3.42. The van der Waals surface area contributed by atoms with Crippen LogP contribution in [0, 0.1) is 11.7 Å². The number of hydrogen-bond donors (Lipinski definition) is 0. The van der Waals surface area contributed by atoms with E-state index >= 15 is 0 Å². The van der Waals surface area contributed by atoms with Crippen LogP contribution in [-0.4, -0.2) is 26.0 Å². The minimum atomic E-state index is -0.693. The number of carbonyl (C=O) groups excluding carboxylic acids is 2. The third kappa shape index (κ3) is 3.53. The lowest BCUT2D eigenvalue weighted by atomic mass is 9.96. The van der Waals surface area contributed by atoms with Crippen molar-refractivity contribution in [3.8, 4) is 5.75 Å². The number of carbonyl (C=O) groups is 2. The van der Waals surface area contributed by atoms with Gasteiger partial charge in [-0.25, -0.2) is 4.39 Å². The molecule has 0 radical (unpaired) electrons. The van der Waals surface area contributed by atoms with Gasteiger partial charge in [-0.05, 0) is 28.1 Å². The van der Waals surface area contributed by atoms with E-state index < -0.39 is 23.5 Å². The van der Waals surface area contributed by atoms with E-state index in [0.717, 1.165) is 0 Å². The number of halogens is 2. The number of esters is 1. The van der Waals surface area contributed by atoms with Gasteiger partial charge in [-0.1, -0.05) is 6.92 Å². The summed E-state index contributed by atoms with van der Waals surface area (Å²) in [5.74, 6) is -2.00. The molecule has 0 aromatic heterocycles. The van der Waals surface area contributed by atoms with Gasteiger partial charge in [0.25, 0.3) is 0 Å². The fraction of sp³-hybridized carbons (Fsp3) is 0.385. The molecule has 104 valence electrons. The highest BCUT2D eigenvalue weighted by molar-refractivity contribution is 9.10. The molecule has 0 saturated heterocycles. The first-order chi connectivity index (χ1) is 8.92. The molecule has 1 rings (SSSR count). The predicted molar refractivity (Wildman–Crippen MR) is 70.8 cm³/mol. The standard InChI is InChI=1S/C13H14BrFO4/c1-7(6-10(16)19-3)13(17)8-4-5-9(18-2)11(14)12(8)15/h4-5,7H,6H2,1-3H3. The second-order valence-corrected chi connectivity index (χ2v) is 4.78. The Kier molecular flexibility index (Phi) is 5.47. The van der Waals surface area contributed by atoms with Crippen LogP contribution >= 0.6 is 15.9 Å². The third-order valence-electron chi connectivity index (χ3n) is 2.68. The molecule has 1 atom stereocenters. The Bertz CT molecular complexity index is 502. The van der Waals surface area contributed by atoms with E-state index in [1.54, 1.807) is 6.92 Å². The summed E-state index contributed by atoms with van der Waals surface area (Å²) in [6.07, 6.45) is -0.0849. The molecule has 0 bridgehead atoms. The largest absolute Gasteiger partial charge is 0.495 e. The van der Waals surface area contributed by atoms with Gasteiger partial charge >= 0.3 is 5.97 Å². The molecule has 0 aliphatic heterocycles. The summed E-state index contributed by atoms with van der Waals surface area (Å²) in [7, 11) is 2.64. The number of hydrogen-bond acceptors (Lipinski definition) is 4. The summed E-state index contributed by atoms with van der Waals surface area (Å²) in [6.45, 7) is 1.55. The van der Waals surface area contributed by atoms with E-state index in [2.05, 4.69) is 20.7 Å². The molecule has 0 heterocycles. The highest BCUT2D eigenvalue weighted by atomic mass is 79.9. The number of rotatable bonds is 5. The molecule has 0 saturated carbocycles. The summed E-state index contributed by atoms with van der Waals surface area (Å²) in [4.78, 5) is 23.2. The van der Waals surface area contributed by atoms with Crippen molar-refractivity contribution < 1.29 is 23.5 Å². The van der Waals surface area contributed by atoms with Gasteiger partial charge in [0.2, 0.25) is 0 Å². The van der Waals surface area contributed by atoms with Gasteiger partial charge in [0, 0.05) is 5.92 Å². The molecule has 0 N–H and O–H groups in total. The summed E-state index contributed by atoms with van der Waals surface area (Å²) in [5, 5.41) is 0. The van der Waals surface area contributed by atoms with Crippen molar-refractivity contribution >= 4 is 27.7 Å². The number of benzene rings is 1. The summed E-state index contributed by atoms with van der Waals surface area (Å²) in [6, 6.07) is 2.83. The maximum absolute atomic E-state index is 14.0. The van der Waals surface area contributed by atoms with E-state index in [4.69, 9.17) is 4.74 Å². The predicted octanol–water partition coefficient (Wildman–Crippen LogP) is 2.98. The topological polar surface area (TPSA) is 52.6 Å². The van der Waals surface area contributed by atoms with Crippen LogP contribution in [0.3, 0.4) is 0 Å². The number of ether oxygens (including phenoxy) is 2. The first-order valence-electron chi connectivity index (χ1n) is 5.55. The fourth-order valence-corrected chi connectivity index (χ4v) is 2.08. The minimum absolute atomic E-state index is 0.0796. The van der Waals surface area contributed by atoms with Crippen LogP contribution in [0.5, 0.6) is 5.75 Å². The molecule has 6 heteroatoms. The highest BCUT2D eigenvalue weighted by Gasteiger charge is 2.24. The van der Waals surface area contributed by atoms with E-state index in [0.29, 0.717) is 5.75 Å². The molecule has 0 fully saturated rings. The van der Waals surface area contributed by atoms with Crippen LogP contribution in [0.1, 0.15) is 23.7 Å². The van der Waals surface area contributed by atoms with Crippen molar-refractivity contribution in [3.05, 3.63) is 28.0 Å². The second kappa shape index (κ2) is 6.65. The lowest BCUT2D eigenvalue weighted by Crippen LogP contribution is -2.18. The van der Waals surface area contributed by atoms with E-state index in [9.17, 15) is 14.0 Å². The smallest absolute Gasteiger partial charge is 0.306 e. The van der Waals surface area contributed by atoms with Crippen LogP contribution < -0.4 is 4.74 Å². The Balaban J connectivity index is 3.00. The Morgan fingerprint density at radius 3 is 2.53 bits per heavy atom. The summed E-state index contributed by atoms with van der Waals surface area (Å²) in [5.41, 5.74) is -0.0796. The molecule has 0 aliphatic carbocycles. The average molecular weight is 333 g/mol. The Morgan fingerprint density at radius 1 is 1.37 bits per heavy atom. The van der Waals surface area contributed by atoms with Gasteiger partial charge in [0.15, 0.2) is 11.6 Å². The molecule has 19 heavy (non-hydrogen) atoms. The Labute approximate surface area is 119 Å².